The monoisotopic (exact) mass is 584 g/mol. The molecule has 0 aromatic heterocycles. The highest BCUT2D eigenvalue weighted by molar-refractivity contribution is 7.91. The van der Waals surface area contributed by atoms with E-state index >= 15 is 0 Å². The zero-order valence-corrected chi connectivity index (χ0v) is 28.3. The second-order valence-corrected chi connectivity index (χ2v) is 19.4. The molecule has 41 heavy (non-hydrogen) atoms. The summed E-state index contributed by atoms with van der Waals surface area (Å²) >= 11 is 0. The lowest BCUT2D eigenvalue weighted by molar-refractivity contribution is -0.221. The van der Waals surface area contributed by atoms with Gasteiger partial charge in [0.2, 0.25) is 0 Å². The van der Waals surface area contributed by atoms with Gasteiger partial charge < -0.3 is 10.2 Å². The van der Waals surface area contributed by atoms with Crippen LogP contribution in [-0.2, 0) is 9.84 Å². The Morgan fingerprint density at radius 2 is 1.66 bits per heavy atom. The van der Waals surface area contributed by atoms with Gasteiger partial charge >= 0.3 is 0 Å². The molecular formula is C36H60N2O2S. The van der Waals surface area contributed by atoms with Crippen LogP contribution >= 0.6 is 0 Å². The lowest BCUT2D eigenvalue weighted by Gasteiger charge is -2.72. The molecule has 5 heteroatoms. The number of nitrogens with zero attached hydrogens (tertiary/aromatic N) is 1. The Bertz CT molecular complexity index is 1190. The topological polar surface area (TPSA) is 49.4 Å². The van der Waals surface area contributed by atoms with Gasteiger partial charge in [-0.15, -0.1) is 0 Å². The molecule has 1 saturated heterocycles. The molecule has 1 N–H and O–H groups in total. The third kappa shape index (κ3) is 4.43. The molecule has 0 amide bonds. The normalized spacial score (nSPS) is 48.8. The van der Waals surface area contributed by atoms with E-state index < -0.39 is 9.84 Å². The molecular weight excluding hydrogens is 524 g/mol. The summed E-state index contributed by atoms with van der Waals surface area (Å²) in [6, 6.07) is 0. The molecule has 0 aromatic rings. The lowest BCUT2D eigenvalue weighted by atomic mass is 9.33. The SMILES string of the molecule is C=C(C)[C@@H]1CC[C@]2(NCCN3CCS(=O)(=O)CC3)CC[C@]3(C)[C@H](CC[C@@H]4[C@@]5(C)CC=C(C)C(C)(C)[C@@H]5CC[C@]43C)[C@@H]12. The van der Waals surface area contributed by atoms with Crippen LogP contribution in [0.15, 0.2) is 23.8 Å². The Labute approximate surface area is 252 Å². The van der Waals surface area contributed by atoms with Crippen LogP contribution in [0.4, 0.5) is 0 Å². The predicted molar refractivity (Wildman–Crippen MR) is 172 cm³/mol. The van der Waals surface area contributed by atoms with E-state index in [0.29, 0.717) is 58.1 Å². The van der Waals surface area contributed by atoms with Gasteiger partial charge in [0.15, 0.2) is 9.84 Å². The molecule has 5 fully saturated rings. The third-order valence-corrected chi connectivity index (χ3v) is 17.0. The van der Waals surface area contributed by atoms with Gasteiger partial charge in [-0.3, -0.25) is 0 Å². The van der Waals surface area contributed by atoms with Gasteiger partial charge in [0, 0.05) is 31.7 Å². The van der Waals surface area contributed by atoms with E-state index in [4.69, 9.17) is 0 Å². The first kappa shape index (κ1) is 30.4. The summed E-state index contributed by atoms with van der Waals surface area (Å²) in [4.78, 5) is 2.37. The number of sulfone groups is 1. The number of fused-ring (bicyclic) bond motifs is 7. The largest absolute Gasteiger partial charge is 0.310 e. The van der Waals surface area contributed by atoms with Gasteiger partial charge in [-0.05, 0) is 123 Å². The van der Waals surface area contributed by atoms with E-state index in [2.05, 4.69) is 71.3 Å². The maximum absolute atomic E-state index is 11.9. The average Bonchev–Trinajstić information content (AvgIpc) is 3.28. The van der Waals surface area contributed by atoms with Crippen LogP contribution < -0.4 is 5.32 Å². The zero-order valence-electron chi connectivity index (χ0n) is 27.4. The molecule has 0 bridgehead atoms. The van der Waals surface area contributed by atoms with Crippen LogP contribution in [0.25, 0.3) is 0 Å². The van der Waals surface area contributed by atoms with E-state index in [-0.39, 0.29) is 5.54 Å². The maximum Gasteiger partial charge on any atom is 0.152 e. The molecule has 9 atom stereocenters. The van der Waals surface area contributed by atoms with Crippen LogP contribution in [0.1, 0.15) is 106 Å². The molecule has 0 aromatic carbocycles. The van der Waals surface area contributed by atoms with Gasteiger partial charge in [-0.25, -0.2) is 8.42 Å². The highest BCUT2D eigenvalue weighted by Gasteiger charge is 2.70. The maximum atomic E-state index is 11.9. The quantitative estimate of drug-likeness (QED) is 0.345. The van der Waals surface area contributed by atoms with Crippen LogP contribution in [0.5, 0.6) is 0 Å². The van der Waals surface area contributed by atoms with Crippen molar-refractivity contribution in [3.8, 4) is 0 Å². The van der Waals surface area contributed by atoms with Crippen molar-refractivity contribution in [3.05, 3.63) is 23.8 Å². The lowest BCUT2D eigenvalue weighted by Crippen LogP contribution is -2.68. The molecule has 0 unspecified atom stereocenters. The van der Waals surface area contributed by atoms with Crippen molar-refractivity contribution in [2.45, 2.75) is 112 Å². The Morgan fingerprint density at radius 3 is 2.34 bits per heavy atom. The Balaban J connectivity index is 1.26. The van der Waals surface area contributed by atoms with E-state index in [0.717, 1.165) is 30.8 Å². The fourth-order valence-electron chi connectivity index (χ4n) is 12.6. The van der Waals surface area contributed by atoms with Crippen molar-refractivity contribution in [1.29, 1.82) is 0 Å². The molecule has 0 radical (unpaired) electrons. The average molecular weight is 585 g/mol. The Kier molecular flexibility index (Phi) is 7.36. The van der Waals surface area contributed by atoms with Crippen LogP contribution in [-0.4, -0.2) is 56.5 Å². The van der Waals surface area contributed by atoms with Gasteiger partial charge in [0.1, 0.15) is 0 Å². The summed E-state index contributed by atoms with van der Waals surface area (Å²) in [6.07, 6.45) is 14.6. The molecule has 6 rings (SSSR count). The van der Waals surface area contributed by atoms with E-state index in [1.165, 1.54) is 63.4 Å². The number of nitrogens with one attached hydrogen (secondary N) is 1. The first-order valence-electron chi connectivity index (χ1n) is 17.1. The van der Waals surface area contributed by atoms with Crippen molar-refractivity contribution < 1.29 is 8.42 Å². The Hall–Kier alpha value is -0.650. The van der Waals surface area contributed by atoms with E-state index in [9.17, 15) is 8.42 Å². The molecule has 4 saturated carbocycles. The minimum absolute atomic E-state index is 0.215. The smallest absolute Gasteiger partial charge is 0.152 e. The number of hydrogen-bond acceptors (Lipinski definition) is 4. The molecule has 232 valence electrons. The second-order valence-electron chi connectivity index (χ2n) is 17.1. The zero-order chi connectivity index (χ0) is 29.6. The Morgan fingerprint density at radius 1 is 0.951 bits per heavy atom. The molecule has 1 heterocycles. The van der Waals surface area contributed by atoms with Gasteiger partial charge in [0.05, 0.1) is 11.5 Å². The van der Waals surface area contributed by atoms with Gasteiger partial charge in [-0.1, -0.05) is 58.4 Å². The fraction of sp³-hybridized carbons (Fsp3) is 0.889. The van der Waals surface area contributed by atoms with Crippen LogP contribution in [0, 0.1) is 51.2 Å². The van der Waals surface area contributed by atoms with Crippen molar-refractivity contribution in [1.82, 2.24) is 10.2 Å². The summed E-state index contributed by atoms with van der Waals surface area (Å²) in [6.45, 7) is 25.9. The molecule has 4 nitrogen and oxygen atoms in total. The molecule has 1 aliphatic heterocycles. The van der Waals surface area contributed by atoms with Crippen molar-refractivity contribution in [3.63, 3.8) is 0 Å². The van der Waals surface area contributed by atoms with Gasteiger partial charge in [0.25, 0.3) is 0 Å². The summed E-state index contributed by atoms with van der Waals surface area (Å²) < 4.78 is 23.9. The number of allylic oxidation sites excluding steroid dienone is 3. The van der Waals surface area contributed by atoms with Crippen molar-refractivity contribution in [2.75, 3.05) is 37.7 Å². The third-order valence-electron chi connectivity index (χ3n) is 15.4. The van der Waals surface area contributed by atoms with Crippen LogP contribution in [0.2, 0.25) is 0 Å². The summed E-state index contributed by atoms with van der Waals surface area (Å²) in [5.74, 6) is 4.30. The predicted octanol–water partition coefficient (Wildman–Crippen LogP) is 7.27. The standard InChI is InChI=1S/C36H60N2O2S/c1-25(2)27-12-16-36(37-19-20-38-21-23-41(39,40)24-22-38)18-17-34(7)28(31(27)36)9-10-30-33(6)14-11-26(3)32(4,5)29(33)13-15-35(30,34)8/h11,27-31,37H,1,9-10,12-24H2,2-8H3/t27-,28+,29-,30+,31+,33-,34+,35+,36-/m0/s1. The molecule has 5 aliphatic carbocycles. The first-order chi connectivity index (χ1) is 19.1. The fourth-order valence-corrected chi connectivity index (χ4v) is 13.9. The minimum Gasteiger partial charge on any atom is -0.310 e. The second kappa shape index (κ2) is 9.93. The van der Waals surface area contributed by atoms with Crippen molar-refractivity contribution in [2.24, 2.45) is 51.2 Å². The highest BCUT2D eigenvalue weighted by Crippen LogP contribution is 2.76. The van der Waals surface area contributed by atoms with Crippen molar-refractivity contribution >= 4 is 9.84 Å². The highest BCUT2D eigenvalue weighted by atomic mass is 32.2. The molecule has 0 spiro atoms. The number of rotatable bonds is 5. The number of hydrogen-bond donors (Lipinski definition) is 1. The summed E-state index contributed by atoms with van der Waals surface area (Å²) in [7, 11) is -2.83. The summed E-state index contributed by atoms with van der Waals surface area (Å²) in [5.41, 5.74) is 4.73. The van der Waals surface area contributed by atoms with E-state index in [1.54, 1.807) is 5.57 Å². The van der Waals surface area contributed by atoms with Gasteiger partial charge in [-0.2, -0.15) is 0 Å². The molecule has 6 aliphatic rings. The summed E-state index contributed by atoms with van der Waals surface area (Å²) in [5, 5.41) is 4.21. The first-order valence-corrected chi connectivity index (χ1v) is 18.9. The van der Waals surface area contributed by atoms with E-state index in [1.807, 2.05) is 0 Å². The van der Waals surface area contributed by atoms with Crippen LogP contribution in [0.3, 0.4) is 0 Å². The minimum atomic E-state index is -2.83.